The minimum atomic E-state index is -1.13. The molecule has 0 atom stereocenters. The van der Waals surface area contributed by atoms with Crippen LogP contribution >= 0.6 is 0 Å². The lowest BCUT2D eigenvalue weighted by Gasteiger charge is -2.10. The highest BCUT2D eigenvalue weighted by Crippen LogP contribution is 2.17. The molecule has 98 valence electrons. The molecule has 19 heavy (non-hydrogen) atoms. The van der Waals surface area contributed by atoms with Crippen molar-refractivity contribution >= 4 is 22.8 Å². The van der Waals surface area contributed by atoms with Gasteiger partial charge in [0, 0.05) is 13.6 Å². The largest absolute Gasteiger partial charge is 0.465 e. The van der Waals surface area contributed by atoms with Crippen LogP contribution in [0.1, 0.15) is 5.56 Å². The van der Waals surface area contributed by atoms with Gasteiger partial charge < -0.3 is 10.4 Å². The zero-order valence-electron chi connectivity index (χ0n) is 10.6. The minimum absolute atomic E-state index is 0.237. The highest BCUT2D eigenvalue weighted by Gasteiger charge is 2.04. The van der Waals surface area contributed by atoms with E-state index in [9.17, 15) is 4.79 Å². The molecular formula is C14H15N3O2. The van der Waals surface area contributed by atoms with Crippen LogP contribution in [-0.2, 0) is 6.54 Å². The Kier molecular flexibility index (Phi) is 3.97. The van der Waals surface area contributed by atoms with Crippen molar-refractivity contribution in [2.45, 2.75) is 6.54 Å². The molecule has 0 radical (unpaired) electrons. The topological polar surface area (TPSA) is 73.7 Å². The number of nitrogens with one attached hydrogen (secondary N) is 2. The molecule has 2 aromatic carbocycles. The average molecular weight is 257 g/mol. The highest BCUT2D eigenvalue weighted by atomic mass is 16.4. The Hall–Kier alpha value is -2.56. The fourth-order valence-corrected chi connectivity index (χ4v) is 1.91. The Labute approximate surface area is 111 Å². The average Bonchev–Trinajstić information content (AvgIpc) is 2.43. The number of hydrogen-bond acceptors (Lipinski definition) is 2. The molecule has 0 unspecified atom stereocenters. The first-order valence-electron chi connectivity index (χ1n) is 5.88. The van der Waals surface area contributed by atoms with Gasteiger partial charge in [-0.05, 0) is 16.3 Å². The minimum Gasteiger partial charge on any atom is -0.465 e. The van der Waals surface area contributed by atoms with Crippen molar-refractivity contribution in [2.75, 3.05) is 7.05 Å². The monoisotopic (exact) mass is 257 g/mol. The van der Waals surface area contributed by atoms with E-state index in [0.29, 0.717) is 6.54 Å². The normalized spacial score (nSPS) is 11.3. The predicted octanol–water partition coefficient (Wildman–Crippen LogP) is 2.18. The molecular weight excluding hydrogens is 242 g/mol. The Balaban J connectivity index is 2.16. The molecule has 3 N–H and O–H groups in total. The van der Waals surface area contributed by atoms with E-state index in [0.717, 1.165) is 16.3 Å². The van der Waals surface area contributed by atoms with Crippen LogP contribution in [0.5, 0.6) is 0 Å². The molecule has 5 nitrogen and oxygen atoms in total. The van der Waals surface area contributed by atoms with Gasteiger partial charge in [-0.1, -0.05) is 42.5 Å². The van der Waals surface area contributed by atoms with E-state index < -0.39 is 6.09 Å². The van der Waals surface area contributed by atoms with Gasteiger partial charge in [0.05, 0.1) is 0 Å². The molecule has 0 aliphatic heterocycles. The van der Waals surface area contributed by atoms with Crippen molar-refractivity contribution in [1.29, 1.82) is 0 Å². The zero-order valence-corrected chi connectivity index (χ0v) is 10.6. The predicted molar refractivity (Wildman–Crippen MR) is 75.3 cm³/mol. The molecule has 0 fully saturated rings. The van der Waals surface area contributed by atoms with Crippen LogP contribution < -0.4 is 10.6 Å². The van der Waals surface area contributed by atoms with Crippen molar-refractivity contribution in [2.24, 2.45) is 4.99 Å². The number of rotatable bonds is 2. The first-order valence-corrected chi connectivity index (χ1v) is 5.88. The second-order valence-electron chi connectivity index (χ2n) is 3.99. The number of nitrogens with zero attached hydrogens (tertiary/aromatic N) is 1. The maximum atomic E-state index is 10.6. The summed E-state index contributed by atoms with van der Waals surface area (Å²) in [6, 6.07) is 14.1. The lowest BCUT2D eigenvalue weighted by molar-refractivity contribution is 0.200. The van der Waals surface area contributed by atoms with E-state index in [4.69, 9.17) is 5.11 Å². The third-order valence-electron chi connectivity index (χ3n) is 2.78. The molecule has 5 heteroatoms. The summed E-state index contributed by atoms with van der Waals surface area (Å²) in [6.07, 6.45) is -1.13. The number of aliphatic imine (C=N–C) groups is 1. The molecule has 0 aliphatic rings. The Morgan fingerprint density at radius 2 is 1.95 bits per heavy atom. The SMILES string of the molecule is CN=C(NCc1cccc2ccccc12)NC(=O)O. The number of hydrogen-bond donors (Lipinski definition) is 3. The van der Waals surface area contributed by atoms with Gasteiger partial charge in [0.1, 0.15) is 0 Å². The second-order valence-corrected chi connectivity index (χ2v) is 3.99. The second kappa shape index (κ2) is 5.86. The summed E-state index contributed by atoms with van der Waals surface area (Å²) in [4.78, 5) is 14.4. The fraction of sp³-hybridized carbons (Fsp3) is 0.143. The smallest absolute Gasteiger partial charge is 0.411 e. The summed E-state index contributed by atoms with van der Waals surface area (Å²) >= 11 is 0. The highest BCUT2D eigenvalue weighted by molar-refractivity contribution is 5.93. The number of fused-ring (bicyclic) bond motifs is 1. The maximum Gasteiger partial charge on any atom is 0.411 e. The number of amides is 1. The lowest BCUT2D eigenvalue weighted by atomic mass is 10.0. The van der Waals surface area contributed by atoms with E-state index in [1.165, 1.54) is 7.05 Å². The van der Waals surface area contributed by atoms with Crippen molar-refractivity contribution in [3.63, 3.8) is 0 Å². The van der Waals surface area contributed by atoms with E-state index in [2.05, 4.69) is 15.6 Å². The van der Waals surface area contributed by atoms with Gasteiger partial charge in [0.2, 0.25) is 5.96 Å². The van der Waals surface area contributed by atoms with Crippen LogP contribution in [0.4, 0.5) is 4.79 Å². The standard InChI is InChI=1S/C14H15N3O2/c1-15-13(17-14(18)19)16-9-11-7-4-6-10-5-2-3-8-12(10)11/h2-8H,9H2,1H3,(H,18,19)(H2,15,16,17). The number of carbonyl (C=O) groups is 1. The lowest BCUT2D eigenvalue weighted by Crippen LogP contribution is -2.39. The number of guanidine groups is 1. The summed E-state index contributed by atoms with van der Waals surface area (Å²) in [7, 11) is 1.53. The molecule has 2 aromatic rings. The van der Waals surface area contributed by atoms with Crippen LogP contribution in [0.2, 0.25) is 0 Å². The summed E-state index contributed by atoms with van der Waals surface area (Å²) in [5.41, 5.74) is 1.09. The summed E-state index contributed by atoms with van der Waals surface area (Å²) < 4.78 is 0. The molecule has 0 spiro atoms. The molecule has 1 amide bonds. The van der Waals surface area contributed by atoms with E-state index in [-0.39, 0.29) is 5.96 Å². The first kappa shape index (κ1) is 12.9. The van der Waals surface area contributed by atoms with Crippen LogP contribution in [0.25, 0.3) is 10.8 Å². The van der Waals surface area contributed by atoms with Gasteiger partial charge in [-0.15, -0.1) is 0 Å². The molecule has 0 bridgehead atoms. The van der Waals surface area contributed by atoms with Gasteiger partial charge in [0.25, 0.3) is 0 Å². The quantitative estimate of drug-likeness (QED) is 0.570. The van der Waals surface area contributed by atoms with Crippen molar-refractivity contribution in [1.82, 2.24) is 10.6 Å². The maximum absolute atomic E-state index is 10.6. The first-order chi connectivity index (χ1) is 9.20. The molecule has 0 aromatic heterocycles. The van der Waals surface area contributed by atoms with Crippen LogP contribution in [0, 0.1) is 0 Å². The Morgan fingerprint density at radius 3 is 2.68 bits per heavy atom. The summed E-state index contributed by atoms with van der Waals surface area (Å²) in [5.74, 6) is 0.237. The molecule has 0 aliphatic carbocycles. The molecule has 2 rings (SSSR count). The van der Waals surface area contributed by atoms with E-state index in [1.807, 2.05) is 42.5 Å². The number of carboxylic acid groups (broad SMARTS) is 1. The van der Waals surface area contributed by atoms with Gasteiger partial charge >= 0.3 is 6.09 Å². The van der Waals surface area contributed by atoms with E-state index >= 15 is 0 Å². The van der Waals surface area contributed by atoms with Crippen LogP contribution in [0.3, 0.4) is 0 Å². The Morgan fingerprint density at radius 1 is 1.21 bits per heavy atom. The van der Waals surface area contributed by atoms with Crippen LogP contribution in [0.15, 0.2) is 47.5 Å². The third-order valence-corrected chi connectivity index (χ3v) is 2.78. The Bertz CT molecular complexity index is 618. The van der Waals surface area contributed by atoms with Gasteiger partial charge in [-0.2, -0.15) is 0 Å². The van der Waals surface area contributed by atoms with Gasteiger partial charge in [-0.25, -0.2) is 4.79 Å². The fourth-order valence-electron chi connectivity index (χ4n) is 1.91. The summed E-state index contributed by atoms with van der Waals surface area (Å²) in [6.45, 7) is 0.508. The molecule has 0 saturated carbocycles. The molecule has 0 saturated heterocycles. The number of benzene rings is 2. The third kappa shape index (κ3) is 3.22. The van der Waals surface area contributed by atoms with Crippen molar-refractivity contribution in [3.8, 4) is 0 Å². The van der Waals surface area contributed by atoms with Crippen molar-refractivity contribution in [3.05, 3.63) is 48.0 Å². The van der Waals surface area contributed by atoms with Crippen molar-refractivity contribution < 1.29 is 9.90 Å². The summed E-state index contributed by atoms with van der Waals surface area (Å²) in [5, 5.41) is 16.1. The van der Waals surface area contributed by atoms with Gasteiger partial charge in [-0.3, -0.25) is 10.3 Å². The van der Waals surface area contributed by atoms with Crippen LogP contribution in [-0.4, -0.2) is 24.2 Å². The van der Waals surface area contributed by atoms with E-state index in [1.54, 1.807) is 0 Å². The zero-order chi connectivity index (χ0) is 13.7. The van der Waals surface area contributed by atoms with Gasteiger partial charge in [0.15, 0.2) is 0 Å². The molecule has 0 heterocycles.